The van der Waals surface area contributed by atoms with Gasteiger partial charge in [-0.15, -0.1) is 11.6 Å². The largest absolute Gasteiger partial charge is 0.427 e. The van der Waals surface area contributed by atoms with Crippen molar-refractivity contribution in [3.05, 3.63) is 0 Å². The van der Waals surface area contributed by atoms with Crippen LogP contribution in [0.5, 0.6) is 0 Å². The molecule has 0 amide bonds. The second-order valence-electron chi connectivity index (χ2n) is 9.01. The maximum atomic E-state index is 6.80. The highest BCUT2D eigenvalue weighted by atomic mass is 35.5. The number of alkyl halides is 1. The Balaban J connectivity index is 0. The summed E-state index contributed by atoms with van der Waals surface area (Å²) >= 11 is 6.80. The van der Waals surface area contributed by atoms with E-state index in [4.69, 9.17) is 16.0 Å². The van der Waals surface area contributed by atoms with E-state index in [1.807, 2.05) is 7.11 Å². The van der Waals surface area contributed by atoms with Gasteiger partial charge in [-0.25, -0.2) is 0 Å². The molecular formula is C24H54ClNOSi. The van der Waals surface area contributed by atoms with Crippen molar-refractivity contribution in [2.45, 2.75) is 141 Å². The lowest BCUT2D eigenvalue weighted by Gasteiger charge is -2.29. The van der Waals surface area contributed by atoms with Crippen molar-refractivity contribution < 1.29 is 4.43 Å². The summed E-state index contributed by atoms with van der Waals surface area (Å²) in [5.74, 6) is 0.626. The standard InChI is InChI=1S/C24H51ClOSi.H3N/c1-5-6-7-8-9-10-11-12-13-14-15-16-17-18-20-23(2)24(3,25)21-19-22-27-26-4;/h23H,5-22,27H2,1-4H3;1H3. The Hall–Kier alpha value is 0.427. The summed E-state index contributed by atoms with van der Waals surface area (Å²) in [7, 11) is 1.57. The van der Waals surface area contributed by atoms with Crippen LogP contribution in [0.1, 0.15) is 130 Å². The van der Waals surface area contributed by atoms with E-state index in [-0.39, 0.29) is 20.8 Å². The van der Waals surface area contributed by atoms with E-state index in [0.29, 0.717) is 5.92 Å². The zero-order chi connectivity index (χ0) is 20.2. The van der Waals surface area contributed by atoms with Gasteiger partial charge in [0.2, 0.25) is 0 Å². The van der Waals surface area contributed by atoms with Gasteiger partial charge in [0.1, 0.15) is 0 Å². The quantitative estimate of drug-likeness (QED) is 0.111. The predicted molar refractivity (Wildman–Crippen MR) is 133 cm³/mol. The molecule has 2 nitrogen and oxygen atoms in total. The topological polar surface area (TPSA) is 44.2 Å². The lowest BCUT2D eigenvalue weighted by atomic mass is 9.86. The highest BCUT2D eigenvalue weighted by Crippen LogP contribution is 2.34. The van der Waals surface area contributed by atoms with Crippen LogP contribution in [-0.4, -0.2) is 21.7 Å². The van der Waals surface area contributed by atoms with Crippen molar-refractivity contribution in [1.82, 2.24) is 6.15 Å². The Kier molecular flexibility index (Phi) is 24.2. The van der Waals surface area contributed by atoms with Gasteiger partial charge in [-0.05, 0) is 31.7 Å². The molecule has 0 aliphatic heterocycles. The number of halogens is 1. The van der Waals surface area contributed by atoms with Crippen molar-refractivity contribution in [3.8, 4) is 0 Å². The van der Waals surface area contributed by atoms with Crippen LogP contribution >= 0.6 is 11.6 Å². The molecular weight excluding hydrogens is 382 g/mol. The van der Waals surface area contributed by atoms with Crippen LogP contribution in [0.15, 0.2) is 0 Å². The van der Waals surface area contributed by atoms with E-state index >= 15 is 0 Å². The van der Waals surface area contributed by atoms with Gasteiger partial charge in [0, 0.05) is 12.0 Å². The monoisotopic (exact) mass is 435 g/mol. The van der Waals surface area contributed by atoms with E-state index in [1.54, 1.807) is 0 Å². The molecule has 0 aromatic carbocycles. The highest BCUT2D eigenvalue weighted by Gasteiger charge is 2.27. The summed E-state index contributed by atoms with van der Waals surface area (Å²) in [6.45, 7) is 6.89. The number of hydrogen-bond donors (Lipinski definition) is 1. The fraction of sp³-hybridized carbons (Fsp3) is 1.00. The van der Waals surface area contributed by atoms with Crippen molar-refractivity contribution >= 4 is 21.4 Å². The van der Waals surface area contributed by atoms with Gasteiger partial charge < -0.3 is 10.6 Å². The number of unbranched alkanes of at least 4 members (excludes halogenated alkanes) is 13. The Morgan fingerprint density at radius 1 is 0.786 bits per heavy atom. The molecule has 0 aliphatic carbocycles. The average molecular weight is 436 g/mol. The van der Waals surface area contributed by atoms with E-state index in [0.717, 1.165) is 6.42 Å². The second kappa shape index (κ2) is 22.1. The third-order valence-corrected chi connectivity index (χ3v) is 8.04. The summed E-state index contributed by atoms with van der Waals surface area (Å²) in [5, 5.41) is 0. The molecule has 0 bridgehead atoms. The molecule has 4 heteroatoms. The lowest BCUT2D eigenvalue weighted by Crippen LogP contribution is -2.26. The normalized spacial score (nSPS) is 14.9. The molecule has 172 valence electrons. The van der Waals surface area contributed by atoms with E-state index in [9.17, 15) is 0 Å². The summed E-state index contributed by atoms with van der Waals surface area (Å²) in [5.41, 5.74) is 0. The first-order chi connectivity index (χ1) is 13.0. The van der Waals surface area contributed by atoms with Gasteiger partial charge in [-0.3, -0.25) is 0 Å². The van der Waals surface area contributed by atoms with Gasteiger partial charge in [0.15, 0.2) is 9.76 Å². The fourth-order valence-electron chi connectivity index (χ4n) is 3.91. The van der Waals surface area contributed by atoms with Crippen molar-refractivity contribution in [2.24, 2.45) is 5.92 Å². The summed E-state index contributed by atoms with van der Waals surface area (Å²) < 4.78 is 5.27. The number of hydrogen-bond acceptors (Lipinski definition) is 2. The first-order valence-corrected chi connectivity index (χ1v) is 14.2. The van der Waals surface area contributed by atoms with Gasteiger partial charge >= 0.3 is 0 Å². The third-order valence-electron chi connectivity index (χ3n) is 6.28. The first kappa shape index (κ1) is 30.6. The molecule has 2 atom stereocenters. The van der Waals surface area contributed by atoms with Crippen LogP contribution in [0, 0.1) is 5.92 Å². The molecule has 0 saturated heterocycles. The molecule has 0 spiro atoms. The SMILES string of the molecule is CCCCCCCCCCCCCCCCC(C)C(C)(Cl)CCC[SiH2]OC.N. The fourth-order valence-corrected chi connectivity index (χ4v) is 4.90. The Labute approximate surface area is 185 Å². The highest BCUT2D eigenvalue weighted by molar-refractivity contribution is 6.27. The van der Waals surface area contributed by atoms with Crippen molar-refractivity contribution in [2.75, 3.05) is 7.11 Å². The summed E-state index contributed by atoms with van der Waals surface area (Å²) in [6, 6.07) is 1.27. The molecule has 0 radical (unpaired) electrons. The van der Waals surface area contributed by atoms with Crippen LogP contribution in [0.25, 0.3) is 0 Å². The van der Waals surface area contributed by atoms with Crippen molar-refractivity contribution in [1.29, 1.82) is 0 Å². The van der Waals surface area contributed by atoms with E-state index < -0.39 is 0 Å². The summed E-state index contributed by atoms with van der Waals surface area (Å²) in [4.78, 5) is -0.0152. The minimum Gasteiger partial charge on any atom is -0.427 e. The molecule has 28 heavy (non-hydrogen) atoms. The van der Waals surface area contributed by atoms with Gasteiger partial charge in [0.05, 0.1) is 0 Å². The predicted octanol–water partition coefficient (Wildman–Crippen LogP) is 8.58. The average Bonchev–Trinajstić information content (AvgIpc) is 2.65. The Morgan fingerprint density at radius 3 is 1.64 bits per heavy atom. The molecule has 0 aliphatic rings. The zero-order valence-corrected chi connectivity index (χ0v) is 22.2. The third kappa shape index (κ3) is 19.7. The van der Waals surface area contributed by atoms with Gasteiger partial charge in [0.25, 0.3) is 0 Å². The molecule has 3 N–H and O–H groups in total. The van der Waals surface area contributed by atoms with Crippen LogP contribution < -0.4 is 6.15 Å². The minimum atomic E-state index is -0.271. The van der Waals surface area contributed by atoms with Crippen molar-refractivity contribution in [3.63, 3.8) is 0 Å². The maximum Gasteiger partial charge on any atom is 0.161 e. The van der Waals surface area contributed by atoms with Gasteiger partial charge in [-0.1, -0.05) is 110 Å². The molecule has 0 rings (SSSR count). The second-order valence-corrected chi connectivity index (χ2v) is 11.6. The maximum absolute atomic E-state index is 6.80. The van der Waals surface area contributed by atoms with Crippen LogP contribution in [0.4, 0.5) is 0 Å². The van der Waals surface area contributed by atoms with Crippen LogP contribution in [-0.2, 0) is 4.43 Å². The Bertz CT molecular complexity index is 302. The Morgan fingerprint density at radius 2 is 1.21 bits per heavy atom. The molecule has 0 aromatic heterocycles. The van der Waals surface area contributed by atoms with E-state index in [1.165, 1.54) is 109 Å². The molecule has 0 heterocycles. The zero-order valence-electron chi connectivity index (χ0n) is 20.0. The molecule has 0 saturated carbocycles. The van der Waals surface area contributed by atoms with E-state index in [2.05, 4.69) is 20.8 Å². The molecule has 0 aromatic rings. The van der Waals surface area contributed by atoms with Crippen LogP contribution in [0.2, 0.25) is 6.04 Å². The first-order valence-electron chi connectivity index (χ1n) is 12.2. The molecule has 2 unspecified atom stereocenters. The van der Waals surface area contributed by atoms with Gasteiger partial charge in [-0.2, -0.15) is 0 Å². The summed E-state index contributed by atoms with van der Waals surface area (Å²) in [6.07, 6.45) is 23.7. The molecule has 0 fully saturated rings. The minimum absolute atomic E-state index is 0. The number of rotatable bonds is 21. The van der Waals surface area contributed by atoms with Crippen LogP contribution in [0.3, 0.4) is 0 Å². The lowest BCUT2D eigenvalue weighted by molar-refractivity contribution is 0.356. The smallest absolute Gasteiger partial charge is 0.161 e.